The van der Waals surface area contributed by atoms with Crippen molar-refractivity contribution in [1.82, 2.24) is 24.8 Å². The number of hydrogen-bond donors (Lipinski definition) is 1. The van der Waals surface area contributed by atoms with E-state index in [2.05, 4.69) is 15.4 Å². The highest BCUT2D eigenvalue weighted by atomic mass is 16.4. The van der Waals surface area contributed by atoms with Gasteiger partial charge in [-0.15, -0.1) is 5.10 Å². The van der Waals surface area contributed by atoms with E-state index in [0.29, 0.717) is 12.1 Å². The summed E-state index contributed by atoms with van der Waals surface area (Å²) in [4.78, 5) is 11.1. The molecule has 3 aromatic rings. The molecule has 0 amide bonds. The van der Waals surface area contributed by atoms with Gasteiger partial charge < -0.3 is 5.11 Å². The molecule has 0 fully saturated rings. The molecule has 102 valence electrons. The molecule has 0 spiro atoms. The van der Waals surface area contributed by atoms with Crippen molar-refractivity contribution < 1.29 is 9.90 Å². The number of rotatable bonds is 5. The average Bonchev–Trinajstić information content (AvgIpc) is 3.08. The molecule has 0 atom stereocenters. The molecule has 0 aliphatic rings. The van der Waals surface area contributed by atoms with Crippen molar-refractivity contribution in [2.75, 3.05) is 0 Å². The van der Waals surface area contributed by atoms with Crippen LogP contribution in [0, 0.1) is 0 Å². The minimum Gasteiger partial charge on any atom is -0.478 e. The number of fused-ring (bicyclic) bond motifs is 1. The van der Waals surface area contributed by atoms with Crippen molar-refractivity contribution in [1.29, 1.82) is 0 Å². The summed E-state index contributed by atoms with van der Waals surface area (Å²) >= 11 is 0. The number of carboxylic acids is 1. The van der Waals surface area contributed by atoms with Crippen molar-refractivity contribution in [2.24, 2.45) is 0 Å². The molecule has 0 saturated heterocycles. The Morgan fingerprint density at radius 1 is 1.25 bits per heavy atom. The third-order valence-corrected chi connectivity index (χ3v) is 3.09. The second kappa shape index (κ2) is 5.12. The monoisotopic (exact) mass is 271 g/mol. The Hall–Kier alpha value is -2.70. The minimum atomic E-state index is -0.987. The molecule has 7 nitrogen and oxygen atoms in total. The first-order valence-electron chi connectivity index (χ1n) is 6.28. The lowest BCUT2D eigenvalue weighted by molar-refractivity contribution is 0.0699. The van der Waals surface area contributed by atoms with E-state index in [1.54, 1.807) is 16.9 Å². The van der Waals surface area contributed by atoms with E-state index in [1.165, 1.54) is 6.07 Å². The molecule has 0 saturated carbocycles. The van der Waals surface area contributed by atoms with E-state index >= 15 is 0 Å². The number of aryl methyl sites for hydroxylation is 2. The molecular weight excluding hydrogens is 258 g/mol. The molecular formula is C13H13N5O2. The highest BCUT2D eigenvalue weighted by Crippen LogP contribution is 2.16. The maximum atomic E-state index is 11.1. The zero-order valence-corrected chi connectivity index (χ0v) is 10.7. The Morgan fingerprint density at radius 3 is 2.90 bits per heavy atom. The Morgan fingerprint density at radius 2 is 2.15 bits per heavy atom. The third kappa shape index (κ3) is 2.25. The van der Waals surface area contributed by atoms with Crippen LogP contribution in [0.3, 0.4) is 0 Å². The first-order valence-corrected chi connectivity index (χ1v) is 6.28. The van der Waals surface area contributed by atoms with Gasteiger partial charge in [-0.2, -0.15) is 5.10 Å². The fourth-order valence-electron chi connectivity index (χ4n) is 2.14. The van der Waals surface area contributed by atoms with Crippen LogP contribution in [0.5, 0.6) is 0 Å². The molecule has 0 aliphatic carbocycles. The van der Waals surface area contributed by atoms with Crippen LogP contribution in [0.25, 0.3) is 11.0 Å². The topological polar surface area (TPSA) is 85.8 Å². The number of carbonyl (C=O) groups is 1. The Bertz CT molecular complexity index is 732. The maximum Gasteiger partial charge on any atom is 0.338 e. The van der Waals surface area contributed by atoms with Gasteiger partial charge in [-0.1, -0.05) is 11.3 Å². The number of hydrogen-bond acceptors (Lipinski definition) is 4. The smallest absolute Gasteiger partial charge is 0.338 e. The molecule has 0 radical (unpaired) electrons. The van der Waals surface area contributed by atoms with E-state index in [9.17, 15) is 4.79 Å². The first-order chi connectivity index (χ1) is 9.75. The largest absolute Gasteiger partial charge is 0.478 e. The van der Waals surface area contributed by atoms with Crippen molar-refractivity contribution in [3.05, 3.63) is 42.2 Å². The molecule has 7 heteroatoms. The number of aromatic nitrogens is 5. The third-order valence-electron chi connectivity index (χ3n) is 3.09. The lowest BCUT2D eigenvalue weighted by atomic mass is 10.2. The summed E-state index contributed by atoms with van der Waals surface area (Å²) < 4.78 is 3.58. The van der Waals surface area contributed by atoms with Crippen molar-refractivity contribution in [2.45, 2.75) is 19.5 Å². The molecule has 20 heavy (non-hydrogen) atoms. The maximum absolute atomic E-state index is 11.1. The van der Waals surface area contributed by atoms with Crippen LogP contribution >= 0.6 is 0 Å². The highest BCUT2D eigenvalue weighted by molar-refractivity contribution is 6.00. The van der Waals surface area contributed by atoms with Gasteiger partial charge in [0.05, 0.1) is 11.1 Å². The number of carboxylic acid groups (broad SMARTS) is 1. The van der Waals surface area contributed by atoms with Crippen molar-refractivity contribution >= 4 is 17.0 Å². The van der Waals surface area contributed by atoms with Crippen molar-refractivity contribution in [3.8, 4) is 0 Å². The van der Waals surface area contributed by atoms with E-state index in [4.69, 9.17) is 5.11 Å². The van der Waals surface area contributed by atoms with Crippen LogP contribution in [-0.4, -0.2) is 35.9 Å². The van der Waals surface area contributed by atoms with Gasteiger partial charge in [-0.3, -0.25) is 4.68 Å². The first kappa shape index (κ1) is 12.3. The Labute approximate surface area is 114 Å². The van der Waals surface area contributed by atoms with E-state index in [1.807, 2.05) is 23.0 Å². The second-order valence-corrected chi connectivity index (χ2v) is 4.41. The standard InChI is InChI=1S/C13H13N5O2/c19-13(20)10-4-1-5-11-12(10)15-16-18(11)9-3-8-17-7-2-6-14-17/h1-2,4-7H,3,8-9H2,(H,19,20). The van der Waals surface area contributed by atoms with Gasteiger partial charge >= 0.3 is 5.97 Å². The van der Waals surface area contributed by atoms with Gasteiger partial charge in [0.1, 0.15) is 5.52 Å². The second-order valence-electron chi connectivity index (χ2n) is 4.41. The normalized spacial score (nSPS) is 11.0. The summed E-state index contributed by atoms with van der Waals surface area (Å²) in [5.41, 5.74) is 1.35. The quantitative estimate of drug-likeness (QED) is 0.758. The van der Waals surface area contributed by atoms with Crippen LogP contribution in [-0.2, 0) is 13.1 Å². The SMILES string of the molecule is O=C(O)c1cccc2c1nnn2CCCn1cccn1. The summed E-state index contributed by atoms with van der Waals surface area (Å²) in [7, 11) is 0. The predicted molar refractivity (Wildman–Crippen MR) is 71.3 cm³/mol. The van der Waals surface area contributed by atoms with Gasteiger partial charge in [0.25, 0.3) is 0 Å². The van der Waals surface area contributed by atoms with E-state index in [-0.39, 0.29) is 5.56 Å². The molecule has 0 aliphatic heterocycles. The Kier molecular flexibility index (Phi) is 3.16. The summed E-state index contributed by atoms with van der Waals surface area (Å²) in [5.74, 6) is -0.987. The number of aromatic carboxylic acids is 1. The fourth-order valence-corrected chi connectivity index (χ4v) is 2.14. The molecule has 2 heterocycles. The summed E-state index contributed by atoms with van der Waals surface area (Å²) in [6.07, 6.45) is 4.49. The molecule has 1 N–H and O–H groups in total. The van der Waals surface area contributed by atoms with Crippen LogP contribution in [0.15, 0.2) is 36.7 Å². The van der Waals surface area contributed by atoms with Gasteiger partial charge in [-0.05, 0) is 24.6 Å². The Balaban J connectivity index is 1.79. The van der Waals surface area contributed by atoms with Crippen LogP contribution in [0.2, 0.25) is 0 Å². The minimum absolute atomic E-state index is 0.181. The zero-order chi connectivity index (χ0) is 13.9. The molecule has 1 aromatic carbocycles. The lowest BCUT2D eigenvalue weighted by Gasteiger charge is -2.03. The van der Waals surface area contributed by atoms with Gasteiger partial charge in [-0.25, -0.2) is 9.48 Å². The summed E-state index contributed by atoms with van der Waals surface area (Å²) in [6, 6.07) is 6.95. The highest BCUT2D eigenvalue weighted by Gasteiger charge is 2.13. The molecule has 0 unspecified atom stereocenters. The van der Waals surface area contributed by atoms with Gasteiger partial charge in [0.15, 0.2) is 0 Å². The fraction of sp³-hybridized carbons (Fsp3) is 0.231. The predicted octanol–water partition coefficient (Wildman–Crippen LogP) is 1.42. The van der Waals surface area contributed by atoms with Gasteiger partial charge in [0.2, 0.25) is 0 Å². The average molecular weight is 271 g/mol. The molecule has 2 aromatic heterocycles. The number of nitrogens with zero attached hydrogens (tertiary/aromatic N) is 5. The van der Waals surface area contributed by atoms with Crippen molar-refractivity contribution in [3.63, 3.8) is 0 Å². The molecule has 0 bridgehead atoms. The lowest BCUT2D eigenvalue weighted by Crippen LogP contribution is -2.05. The summed E-state index contributed by atoms with van der Waals surface area (Å²) in [5, 5.41) is 21.2. The van der Waals surface area contributed by atoms with Gasteiger partial charge in [0, 0.05) is 25.5 Å². The van der Waals surface area contributed by atoms with E-state index < -0.39 is 5.97 Å². The van der Waals surface area contributed by atoms with E-state index in [0.717, 1.165) is 18.5 Å². The zero-order valence-electron chi connectivity index (χ0n) is 10.7. The number of benzene rings is 1. The molecule has 3 rings (SSSR count). The van der Waals surface area contributed by atoms with Crippen LogP contribution in [0.1, 0.15) is 16.8 Å². The summed E-state index contributed by atoms with van der Waals surface area (Å²) in [6.45, 7) is 1.45. The van der Waals surface area contributed by atoms with Crippen LogP contribution in [0.4, 0.5) is 0 Å². The van der Waals surface area contributed by atoms with Crippen LogP contribution < -0.4 is 0 Å².